The summed E-state index contributed by atoms with van der Waals surface area (Å²) in [6, 6.07) is 7.82. The molecule has 0 unspecified atom stereocenters. The van der Waals surface area contributed by atoms with Crippen LogP contribution in [0.2, 0.25) is 5.02 Å². The molecule has 1 aromatic carbocycles. The van der Waals surface area contributed by atoms with Crippen LogP contribution in [0.15, 0.2) is 42.6 Å². The van der Waals surface area contributed by atoms with Crippen LogP contribution in [-0.2, 0) is 17.1 Å². The highest BCUT2D eigenvalue weighted by Gasteiger charge is 2.35. The van der Waals surface area contributed by atoms with Crippen molar-refractivity contribution in [1.82, 2.24) is 15.3 Å². The molecular weight excluding hydrogens is 572 g/mol. The van der Waals surface area contributed by atoms with Gasteiger partial charge in [-0.05, 0) is 74.9 Å². The van der Waals surface area contributed by atoms with Crippen LogP contribution in [0, 0.1) is 5.92 Å². The third-order valence-corrected chi connectivity index (χ3v) is 7.99. The van der Waals surface area contributed by atoms with Crippen molar-refractivity contribution in [3.8, 4) is 0 Å². The predicted octanol–water partition coefficient (Wildman–Crippen LogP) is 7.08. The second kappa shape index (κ2) is 11.5. The molecule has 41 heavy (non-hydrogen) atoms. The van der Waals surface area contributed by atoms with Gasteiger partial charge in [-0.2, -0.15) is 26.3 Å². The lowest BCUT2D eigenvalue weighted by Crippen LogP contribution is -2.46. The van der Waals surface area contributed by atoms with Gasteiger partial charge < -0.3 is 15.5 Å². The molecule has 3 aromatic rings. The Labute approximate surface area is 237 Å². The van der Waals surface area contributed by atoms with Crippen LogP contribution in [0.1, 0.15) is 49.8 Å². The molecule has 1 saturated heterocycles. The van der Waals surface area contributed by atoms with E-state index >= 15 is 0 Å². The van der Waals surface area contributed by atoms with E-state index in [1.807, 2.05) is 4.90 Å². The maximum Gasteiger partial charge on any atom is 0.433 e. The molecule has 0 atom stereocenters. The molecule has 2 fully saturated rings. The van der Waals surface area contributed by atoms with Crippen molar-refractivity contribution in [2.45, 2.75) is 63.0 Å². The van der Waals surface area contributed by atoms with Gasteiger partial charge in [-0.25, -0.2) is 9.97 Å². The maximum atomic E-state index is 13.4. The highest BCUT2D eigenvalue weighted by molar-refractivity contribution is 6.31. The van der Waals surface area contributed by atoms with Crippen LogP contribution in [0.4, 0.5) is 37.8 Å². The number of carbonyl (C=O) groups is 1. The van der Waals surface area contributed by atoms with Gasteiger partial charge in [0.15, 0.2) is 0 Å². The zero-order valence-electron chi connectivity index (χ0n) is 21.8. The third kappa shape index (κ3) is 6.97. The van der Waals surface area contributed by atoms with Gasteiger partial charge in [0.1, 0.15) is 11.5 Å². The summed E-state index contributed by atoms with van der Waals surface area (Å²) in [5, 5.41) is 7.27. The average Bonchev–Trinajstić information content (AvgIpc) is 2.93. The molecule has 2 N–H and O–H groups in total. The van der Waals surface area contributed by atoms with E-state index in [0.717, 1.165) is 18.3 Å². The average molecular weight is 600 g/mol. The van der Waals surface area contributed by atoms with Gasteiger partial charge in [0.2, 0.25) is 5.91 Å². The number of rotatable bonds is 5. The lowest BCUT2D eigenvalue weighted by molar-refractivity contribution is -0.141. The smallest absolute Gasteiger partial charge is 0.382 e. The summed E-state index contributed by atoms with van der Waals surface area (Å²) in [6.07, 6.45) is -4.42. The molecular formula is C28H28ClF6N5O. The second-order valence-corrected chi connectivity index (χ2v) is 11.0. The van der Waals surface area contributed by atoms with Crippen molar-refractivity contribution in [2.75, 3.05) is 23.3 Å². The van der Waals surface area contributed by atoms with Crippen molar-refractivity contribution in [1.29, 1.82) is 0 Å². The summed E-state index contributed by atoms with van der Waals surface area (Å²) < 4.78 is 78.7. The quantitative estimate of drug-likeness (QED) is 0.307. The topological polar surface area (TPSA) is 70.2 Å². The summed E-state index contributed by atoms with van der Waals surface area (Å²) in [7, 11) is 0. The van der Waals surface area contributed by atoms with Crippen LogP contribution >= 0.6 is 11.6 Å². The van der Waals surface area contributed by atoms with Crippen LogP contribution in [0.25, 0.3) is 10.9 Å². The van der Waals surface area contributed by atoms with E-state index in [2.05, 4.69) is 20.6 Å². The first-order chi connectivity index (χ1) is 19.4. The summed E-state index contributed by atoms with van der Waals surface area (Å²) in [5.74, 6) is 0.200. The Balaban J connectivity index is 1.12. The van der Waals surface area contributed by atoms with Crippen molar-refractivity contribution < 1.29 is 31.1 Å². The number of hydrogen-bond donors (Lipinski definition) is 2. The number of alkyl halides is 6. The van der Waals surface area contributed by atoms with Crippen molar-refractivity contribution in [2.24, 2.45) is 5.92 Å². The van der Waals surface area contributed by atoms with E-state index in [0.29, 0.717) is 73.5 Å². The van der Waals surface area contributed by atoms with Crippen molar-refractivity contribution in [3.63, 3.8) is 0 Å². The molecule has 220 valence electrons. The van der Waals surface area contributed by atoms with E-state index in [-0.39, 0.29) is 29.4 Å². The Morgan fingerprint density at radius 2 is 1.56 bits per heavy atom. The van der Waals surface area contributed by atoms with Gasteiger partial charge in [0.05, 0.1) is 11.1 Å². The standard InChI is InChI=1S/C28H28ClF6N5O/c29-18-2-7-22-21(13-18)23(14-24(39-22)28(33,34)35)37-19-3-5-20(6-4-19)38-26(41)16-9-11-40(12-10-16)25-8-1-17(15-36-25)27(30,31)32/h1-2,7-8,13-16,19-20H,3-6,9-12H2,(H,37,39)(H,38,41)/t19-,20+. The SMILES string of the molecule is O=C(N[C@H]1CC[C@@H](Nc2cc(C(F)(F)F)nc3ccc(Cl)cc23)CC1)C1CCN(c2ccc(C(F)(F)F)cn2)CC1. The summed E-state index contributed by atoms with van der Waals surface area (Å²) in [5.41, 5.74) is -1.25. The summed E-state index contributed by atoms with van der Waals surface area (Å²) in [4.78, 5) is 22.5. The molecule has 2 aliphatic rings. The van der Waals surface area contributed by atoms with Gasteiger partial charge in [-0.3, -0.25) is 4.79 Å². The number of nitrogens with zero attached hydrogens (tertiary/aromatic N) is 3. The number of nitrogens with one attached hydrogen (secondary N) is 2. The van der Waals surface area contributed by atoms with Gasteiger partial charge in [0, 0.05) is 53.4 Å². The summed E-state index contributed by atoms with van der Waals surface area (Å²) >= 11 is 6.09. The Bertz CT molecular complexity index is 1380. The lowest BCUT2D eigenvalue weighted by atomic mass is 9.89. The van der Waals surface area contributed by atoms with E-state index in [1.165, 1.54) is 18.2 Å². The minimum absolute atomic E-state index is 0.0375. The molecule has 13 heteroatoms. The number of carbonyl (C=O) groups excluding carboxylic acids is 1. The number of fused-ring (bicyclic) bond motifs is 1. The number of pyridine rings is 2. The zero-order valence-corrected chi connectivity index (χ0v) is 22.6. The Kier molecular flexibility index (Phi) is 8.22. The van der Waals surface area contributed by atoms with Crippen molar-refractivity contribution >= 4 is 39.9 Å². The number of benzene rings is 1. The molecule has 0 radical (unpaired) electrons. The molecule has 0 spiro atoms. The largest absolute Gasteiger partial charge is 0.433 e. The van der Waals surface area contributed by atoms with Gasteiger partial charge >= 0.3 is 12.4 Å². The van der Waals surface area contributed by atoms with Gasteiger partial charge in [-0.15, -0.1) is 0 Å². The molecule has 1 saturated carbocycles. The first kappa shape index (κ1) is 29.2. The fraction of sp³-hybridized carbons (Fsp3) is 0.464. The first-order valence-corrected chi connectivity index (χ1v) is 13.8. The highest BCUT2D eigenvalue weighted by Crippen LogP contribution is 2.36. The zero-order chi connectivity index (χ0) is 29.4. The molecule has 1 aliphatic carbocycles. The molecule has 3 heterocycles. The van der Waals surface area contributed by atoms with E-state index in [4.69, 9.17) is 11.6 Å². The number of halogens is 7. The fourth-order valence-corrected chi connectivity index (χ4v) is 5.67. The van der Waals surface area contributed by atoms with Crippen LogP contribution in [0.5, 0.6) is 0 Å². The molecule has 6 nitrogen and oxygen atoms in total. The third-order valence-electron chi connectivity index (χ3n) is 7.76. The second-order valence-electron chi connectivity index (χ2n) is 10.6. The Morgan fingerprint density at radius 1 is 0.878 bits per heavy atom. The van der Waals surface area contributed by atoms with Gasteiger partial charge in [0.25, 0.3) is 0 Å². The van der Waals surface area contributed by atoms with E-state index in [1.54, 1.807) is 6.07 Å². The number of piperidine rings is 1. The van der Waals surface area contributed by atoms with E-state index < -0.39 is 23.6 Å². The predicted molar refractivity (Wildman–Crippen MR) is 144 cm³/mol. The summed E-state index contributed by atoms with van der Waals surface area (Å²) in [6.45, 7) is 1.02. The maximum absolute atomic E-state index is 13.4. The molecule has 2 aromatic heterocycles. The number of anilines is 2. The minimum Gasteiger partial charge on any atom is -0.382 e. The lowest BCUT2D eigenvalue weighted by Gasteiger charge is -2.34. The Morgan fingerprint density at radius 3 is 2.17 bits per heavy atom. The molecule has 0 bridgehead atoms. The fourth-order valence-electron chi connectivity index (χ4n) is 5.50. The number of hydrogen-bond acceptors (Lipinski definition) is 5. The van der Waals surface area contributed by atoms with Crippen LogP contribution in [-0.4, -0.2) is 41.0 Å². The highest BCUT2D eigenvalue weighted by atomic mass is 35.5. The number of aromatic nitrogens is 2. The van der Waals surface area contributed by atoms with Crippen LogP contribution < -0.4 is 15.5 Å². The first-order valence-electron chi connectivity index (χ1n) is 13.4. The Hall–Kier alpha value is -3.28. The molecule has 1 aliphatic heterocycles. The number of amides is 1. The monoisotopic (exact) mass is 599 g/mol. The molecule has 5 rings (SSSR count). The normalized spacial score (nSPS) is 20.7. The minimum atomic E-state index is -4.59. The van der Waals surface area contributed by atoms with Crippen molar-refractivity contribution in [3.05, 3.63) is 58.9 Å². The van der Waals surface area contributed by atoms with E-state index in [9.17, 15) is 31.1 Å². The van der Waals surface area contributed by atoms with Crippen LogP contribution in [0.3, 0.4) is 0 Å². The molecule has 1 amide bonds. The van der Waals surface area contributed by atoms with Gasteiger partial charge in [-0.1, -0.05) is 11.6 Å².